The molecule has 0 bridgehead atoms. The summed E-state index contributed by atoms with van der Waals surface area (Å²) < 4.78 is 5.38. The number of primary amides is 1. The molecule has 1 aliphatic heterocycles. The van der Waals surface area contributed by atoms with Crippen molar-refractivity contribution in [2.45, 2.75) is 13.3 Å². The van der Waals surface area contributed by atoms with Crippen molar-refractivity contribution < 1.29 is 9.53 Å². The summed E-state index contributed by atoms with van der Waals surface area (Å²) in [7, 11) is 0. The van der Waals surface area contributed by atoms with Crippen molar-refractivity contribution in [3.8, 4) is 11.1 Å². The highest BCUT2D eigenvalue weighted by molar-refractivity contribution is 5.95. The molecule has 2 heterocycles. The molecule has 7 heteroatoms. The van der Waals surface area contributed by atoms with Crippen LogP contribution in [0, 0.1) is 6.92 Å². The van der Waals surface area contributed by atoms with E-state index in [0.29, 0.717) is 11.5 Å². The van der Waals surface area contributed by atoms with Gasteiger partial charge in [-0.2, -0.15) is 0 Å². The van der Waals surface area contributed by atoms with E-state index in [1.807, 2.05) is 43.5 Å². The fourth-order valence-electron chi connectivity index (χ4n) is 3.70. The van der Waals surface area contributed by atoms with Crippen LogP contribution in [0.5, 0.6) is 0 Å². The molecule has 156 valence electrons. The van der Waals surface area contributed by atoms with Gasteiger partial charge in [0.25, 0.3) is 0 Å². The van der Waals surface area contributed by atoms with Gasteiger partial charge in [-0.05, 0) is 60.8 Å². The molecule has 30 heavy (non-hydrogen) atoms. The second-order valence-electron chi connectivity index (χ2n) is 7.60. The molecule has 4 rings (SSSR count). The molecule has 1 fully saturated rings. The molecule has 0 saturated carbocycles. The van der Waals surface area contributed by atoms with Crippen LogP contribution in [0.3, 0.4) is 0 Å². The van der Waals surface area contributed by atoms with Crippen molar-refractivity contribution in [3.05, 3.63) is 53.7 Å². The van der Waals surface area contributed by atoms with Crippen LogP contribution in [0.1, 0.15) is 22.3 Å². The number of hydrogen-bond acceptors (Lipinski definition) is 6. The number of nitrogens with zero attached hydrogens (tertiary/aromatic N) is 3. The first kappa shape index (κ1) is 20.3. The molecule has 0 radical (unpaired) electrons. The number of nitrogens with one attached hydrogen (secondary N) is 1. The van der Waals surface area contributed by atoms with Gasteiger partial charge in [-0.3, -0.25) is 9.69 Å². The topological polar surface area (TPSA) is 93.4 Å². The third kappa shape index (κ3) is 4.75. The summed E-state index contributed by atoms with van der Waals surface area (Å²) in [4.78, 5) is 23.0. The number of carbonyl (C=O) groups excluding carboxylic acids is 1. The third-order valence-corrected chi connectivity index (χ3v) is 5.45. The van der Waals surface area contributed by atoms with E-state index in [4.69, 9.17) is 10.5 Å². The first-order valence-corrected chi connectivity index (χ1v) is 10.3. The van der Waals surface area contributed by atoms with Gasteiger partial charge in [0, 0.05) is 36.8 Å². The molecule has 3 aromatic rings. The van der Waals surface area contributed by atoms with E-state index in [1.165, 1.54) is 0 Å². The van der Waals surface area contributed by atoms with Crippen LogP contribution in [-0.2, 0) is 4.74 Å². The zero-order chi connectivity index (χ0) is 20.9. The zero-order valence-corrected chi connectivity index (χ0v) is 17.2. The van der Waals surface area contributed by atoms with E-state index in [0.717, 1.165) is 73.4 Å². The number of rotatable bonds is 7. The minimum atomic E-state index is -0.426. The van der Waals surface area contributed by atoms with E-state index in [-0.39, 0.29) is 0 Å². The molecule has 1 aromatic heterocycles. The number of morpholine rings is 1. The van der Waals surface area contributed by atoms with Crippen LogP contribution in [0.4, 0.5) is 5.95 Å². The minimum absolute atomic E-state index is 0.426. The highest BCUT2D eigenvalue weighted by Crippen LogP contribution is 2.27. The van der Waals surface area contributed by atoms with E-state index >= 15 is 0 Å². The predicted octanol–water partition coefficient (Wildman–Crippen LogP) is 2.84. The van der Waals surface area contributed by atoms with Gasteiger partial charge in [0.2, 0.25) is 11.9 Å². The normalized spacial score (nSPS) is 14.7. The number of nitrogens with two attached hydrogens (primary N) is 1. The Hall–Kier alpha value is -3.03. The van der Waals surface area contributed by atoms with Crippen LogP contribution in [0.15, 0.2) is 42.6 Å². The Kier molecular flexibility index (Phi) is 6.21. The molecule has 1 aliphatic rings. The van der Waals surface area contributed by atoms with Crippen molar-refractivity contribution >= 4 is 22.8 Å². The van der Waals surface area contributed by atoms with Crippen LogP contribution < -0.4 is 11.1 Å². The molecular formula is C23H27N5O2. The lowest BCUT2D eigenvalue weighted by atomic mass is 9.97. The smallest absolute Gasteiger partial charge is 0.248 e. The summed E-state index contributed by atoms with van der Waals surface area (Å²) >= 11 is 0. The first-order valence-electron chi connectivity index (χ1n) is 10.3. The second kappa shape index (κ2) is 9.19. The highest BCUT2D eigenvalue weighted by Gasteiger charge is 2.10. The van der Waals surface area contributed by atoms with Crippen molar-refractivity contribution in [3.63, 3.8) is 0 Å². The van der Waals surface area contributed by atoms with Gasteiger partial charge in [0.15, 0.2) is 0 Å². The first-order chi connectivity index (χ1) is 14.6. The number of aromatic nitrogens is 2. The molecule has 0 atom stereocenters. The third-order valence-electron chi connectivity index (χ3n) is 5.45. The largest absolute Gasteiger partial charge is 0.379 e. The van der Waals surface area contributed by atoms with Gasteiger partial charge in [-0.15, -0.1) is 0 Å². The number of aryl methyl sites for hydroxylation is 1. The molecule has 3 N–H and O–H groups in total. The fraction of sp³-hybridized carbons (Fsp3) is 0.348. The zero-order valence-electron chi connectivity index (χ0n) is 17.2. The monoisotopic (exact) mass is 405 g/mol. The number of hydrogen-bond donors (Lipinski definition) is 2. The molecule has 1 amide bonds. The number of amides is 1. The lowest BCUT2D eigenvalue weighted by Crippen LogP contribution is -2.37. The summed E-state index contributed by atoms with van der Waals surface area (Å²) in [6.45, 7) is 7.58. The molecule has 2 aromatic carbocycles. The maximum absolute atomic E-state index is 11.5. The summed E-state index contributed by atoms with van der Waals surface area (Å²) in [5.74, 6) is 0.217. The SMILES string of the molecule is Cc1ccc(C(N)=O)cc1-c1ccc2nc(NCCCN3CCOCC3)ncc2c1. The summed E-state index contributed by atoms with van der Waals surface area (Å²) in [5.41, 5.74) is 9.90. The number of ether oxygens (including phenoxy) is 1. The standard InChI is InChI=1S/C23H27N5O2/c1-16-3-4-18(22(24)29)14-20(16)17-5-6-21-19(13-17)15-26-23(27-21)25-7-2-8-28-9-11-30-12-10-28/h3-6,13-15H,2,7-12H2,1H3,(H2,24,29)(H,25,26,27). The second-order valence-corrected chi connectivity index (χ2v) is 7.60. The molecular weight excluding hydrogens is 378 g/mol. The van der Waals surface area contributed by atoms with E-state index in [9.17, 15) is 4.79 Å². The number of anilines is 1. The summed E-state index contributed by atoms with van der Waals surface area (Å²) in [6, 6.07) is 11.6. The van der Waals surface area contributed by atoms with Crippen molar-refractivity contribution in [1.82, 2.24) is 14.9 Å². The summed E-state index contributed by atoms with van der Waals surface area (Å²) in [6.07, 6.45) is 2.87. The number of fused-ring (bicyclic) bond motifs is 1. The minimum Gasteiger partial charge on any atom is -0.379 e. The Bertz CT molecular complexity index is 1050. The Morgan fingerprint density at radius 1 is 1.20 bits per heavy atom. The maximum Gasteiger partial charge on any atom is 0.248 e. The van der Waals surface area contributed by atoms with Crippen molar-refractivity contribution in [2.24, 2.45) is 5.73 Å². The maximum atomic E-state index is 11.5. The fourth-order valence-corrected chi connectivity index (χ4v) is 3.70. The lowest BCUT2D eigenvalue weighted by molar-refractivity contribution is 0.0378. The van der Waals surface area contributed by atoms with Gasteiger partial charge in [0.1, 0.15) is 0 Å². The number of benzene rings is 2. The van der Waals surface area contributed by atoms with Gasteiger partial charge < -0.3 is 15.8 Å². The van der Waals surface area contributed by atoms with Gasteiger partial charge in [0.05, 0.1) is 18.7 Å². The molecule has 7 nitrogen and oxygen atoms in total. The van der Waals surface area contributed by atoms with Gasteiger partial charge in [-0.25, -0.2) is 9.97 Å². The Morgan fingerprint density at radius 3 is 2.83 bits per heavy atom. The average Bonchev–Trinajstić information content (AvgIpc) is 2.77. The van der Waals surface area contributed by atoms with Crippen LogP contribution in [0.2, 0.25) is 0 Å². The van der Waals surface area contributed by atoms with Crippen LogP contribution in [-0.4, -0.2) is 60.2 Å². The molecule has 0 unspecified atom stereocenters. The molecule has 1 saturated heterocycles. The van der Waals surface area contributed by atoms with Gasteiger partial charge in [-0.1, -0.05) is 12.1 Å². The van der Waals surface area contributed by atoms with E-state index in [2.05, 4.69) is 20.2 Å². The Balaban J connectivity index is 1.44. The van der Waals surface area contributed by atoms with Crippen molar-refractivity contribution in [2.75, 3.05) is 44.7 Å². The van der Waals surface area contributed by atoms with Crippen LogP contribution >= 0.6 is 0 Å². The van der Waals surface area contributed by atoms with E-state index in [1.54, 1.807) is 6.07 Å². The van der Waals surface area contributed by atoms with Gasteiger partial charge >= 0.3 is 0 Å². The van der Waals surface area contributed by atoms with Crippen molar-refractivity contribution in [1.29, 1.82) is 0 Å². The summed E-state index contributed by atoms with van der Waals surface area (Å²) in [5, 5.41) is 4.27. The quantitative estimate of drug-likeness (QED) is 0.587. The number of carbonyl (C=O) groups is 1. The lowest BCUT2D eigenvalue weighted by Gasteiger charge is -2.26. The van der Waals surface area contributed by atoms with Crippen LogP contribution in [0.25, 0.3) is 22.0 Å². The average molecular weight is 406 g/mol. The highest BCUT2D eigenvalue weighted by atomic mass is 16.5. The molecule has 0 spiro atoms. The Morgan fingerprint density at radius 2 is 2.03 bits per heavy atom. The predicted molar refractivity (Wildman–Crippen MR) is 119 cm³/mol. The van der Waals surface area contributed by atoms with E-state index < -0.39 is 5.91 Å². The molecule has 0 aliphatic carbocycles. The Labute approximate surface area is 176 Å².